The van der Waals surface area contributed by atoms with Gasteiger partial charge < -0.3 is 4.90 Å². The Hall–Kier alpha value is -3.91. The van der Waals surface area contributed by atoms with Crippen LogP contribution in [0.2, 0.25) is 0 Å². The van der Waals surface area contributed by atoms with Gasteiger partial charge in [-0.2, -0.15) is 0 Å². The molecule has 1 unspecified atom stereocenters. The lowest BCUT2D eigenvalue weighted by Gasteiger charge is -2.24. The summed E-state index contributed by atoms with van der Waals surface area (Å²) in [5.74, 6) is 0.474. The van der Waals surface area contributed by atoms with Crippen LogP contribution in [0.25, 0.3) is 16.7 Å². The number of para-hydroxylation sites is 1. The zero-order valence-corrected chi connectivity index (χ0v) is 21.1. The van der Waals surface area contributed by atoms with Crippen LogP contribution in [0.5, 0.6) is 0 Å². The summed E-state index contributed by atoms with van der Waals surface area (Å²) in [6.45, 7) is 5.59. The second-order valence-corrected chi connectivity index (χ2v) is 9.50. The van der Waals surface area contributed by atoms with Gasteiger partial charge in [0.2, 0.25) is 11.7 Å². The number of thioether (sulfide) groups is 1. The third-order valence-electron chi connectivity index (χ3n) is 6.29. The first-order chi connectivity index (χ1) is 17.6. The molecule has 0 N–H and O–H groups in total. The molecule has 0 bridgehead atoms. The van der Waals surface area contributed by atoms with Crippen LogP contribution in [0.15, 0.2) is 94.9 Å². The molecular formula is C28H27N5O2S. The fraction of sp³-hybridized carbons (Fsp3) is 0.214. The molecule has 1 atom stereocenters. The van der Waals surface area contributed by atoms with E-state index in [0.29, 0.717) is 36.0 Å². The van der Waals surface area contributed by atoms with Crippen molar-refractivity contribution in [3.63, 3.8) is 0 Å². The average molecular weight is 498 g/mol. The molecule has 0 spiro atoms. The molecule has 0 saturated carbocycles. The molecule has 0 fully saturated rings. The third-order valence-corrected chi connectivity index (χ3v) is 7.47. The molecule has 0 saturated heterocycles. The second kappa shape index (κ2) is 10.4. The summed E-state index contributed by atoms with van der Waals surface area (Å²) >= 11 is 1.36. The second-order valence-electron chi connectivity index (χ2n) is 8.43. The Kier molecular flexibility index (Phi) is 6.86. The van der Waals surface area contributed by atoms with Crippen molar-refractivity contribution in [1.29, 1.82) is 0 Å². The molecule has 7 nitrogen and oxygen atoms in total. The Morgan fingerprint density at radius 2 is 1.53 bits per heavy atom. The topological polar surface area (TPSA) is 72.5 Å². The Labute approximate surface area is 213 Å². The third kappa shape index (κ3) is 4.40. The van der Waals surface area contributed by atoms with Crippen LogP contribution in [0, 0.1) is 0 Å². The van der Waals surface area contributed by atoms with Crippen molar-refractivity contribution in [2.45, 2.75) is 30.8 Å². The van der Waals surface area contributed by atoms with Gasteiger partial charge in [-0.25, -0.2) is 0 Å². The van der Waals surface area contributed by atoms with Crippen LogP contribution in [-0.4, -0.2) is 43.1 Å². The van der Waals surface area contributed by atoms with Gasteiger partial charge in [0.05, 0.1) is 17.4 Å². The molecule has 2 heterocycles. The van der Waals surface area contributed by atoms with Gasteiger partial charge in [0.15, 0.2) is 5.16 Å². The first-order valence-corrected chi connectivity index (χ1v) is 12.9. The SMILES string of the molecule is CCN(CC)C(=O)C(Sc1nnc2n(Cc3ccccc3)c(=O)c3ccccc3n12)c1ccccc1. The highest BCUT2D eigenvalue weighted by Gasteiger charge is 2.28. The minimum atomic E-state index is -0.494. The minimum absolute atomic E-state index is 0.0230. The molecule has 0 aliphatic carbocycles. The van der Waals surface area contributed by atoms with E-state index < -0.39 is 5.25 Å². The number of hydrogen-bond acceptors (Lipinski definition) is 5. The highest BCUT2D eigenvalue weighted by Crippen LogP contribution is 2.36. The molecule has 1 amide bonds. The van der Waals surface area contributed by atoms with Crippen molar-refractivity contribution in [2.24, 2.45) is 0 Å². The minimum Gasteiger partial charge on any atom is -0.342 e. The Morgan fingerprint density at radius 3 is 2.22 bits per heavy atom. The number of likely N-dealkylation sites (N-methyl/N-ethyl adjacent to an activating group) is 1. The molecular weight excluding hydrogens is 470 g/mol. The number of benzene rings is 3. The molecule has 5 aromatic rings. The fourth-order valence-electron chi connectivity index (χ4n) is 4.41. The molecule has 0 radical (unpaired) electrons. The van der Waals surface area contributed by atoms with Crippen LogP contribution < -0.4 is 5.56 Å². The van der Waals surface area contributed by atoms with Crippen LogP contribution in [-0.2, 0) is 11.3 Å². The molecule has 8 heteroatoms. The molecule has 182 valence electrons. The maximum atomic E-state index is 13.6. The molecule has 2 aromatic heterocycles. The van der Waals surface area contributed by atoms with E-state index in [1.807, 2.05) is 108 Å². The number of amides is 1. The summed E-state index contributed by atoms with van der Waals surface area (Å²) in [5.41, 5.74) is 2.49. The van der Waals surface area contributed by atoms with Gasteiger partial charge in [0, 0.05) is 13.1 Å². The van der Waals surface area contributed by atoms with Crippen molar-refractivity contribution in [2.75, 3.05) is 13.1 Å². The van der Waals surface area contributed by atoms with Crippen molar-refractivity contribution < 1.29 is 4.79 Å². The quantitative estimate of drug-likeness (QED) is 0.288. The summed E-state index contributed by atoms with van der Waals surface area (Å²) in [6, 6.07) is 27.0. The molecule has 0 aliphatic heterocycles. The van der Waals surface area contributed by atoms with Crippen LogP contribution >= 0.6 is 11.8 Å². The fourth-order valence-corrected chi connectivity index (χ4v) is 5.54. The van der Waals surface area contributed by atoms with Crippen LogP contribution in [0.1, 0.15) is 30.2 Å². The van der Waals surface area contributed by atoms with Gasteiger partial charge in [-0.05, 0) is 37.1 Å². The van der Waals surface area contributed by atoms with E-state index in [0.717, 1.165) is 16.6 Å². The van der Waals surface area contributed by atoms with Gasteiger partial charge >= 0.3 is 0 Å². The highest BCUT2D eigenvalue weighted by atomic mass is 32.2. The van der Waals surface area contributed by atoms with Gasteiger partial charge in [0.25, 0.3) is 5.56 Å². The lowest BCUT2D eigenvalue weighted by atomic mass is 10.1. The maximum absolute atomic E-state index is 13.6. The van der Waals surface area contributed by atoms with E-state index in [1.165, 1.54) is 11.8 Å². The van der Waals surface area contributed by atoms with Crippen LogP contribution in [0.4, 0.5) is 0 Å². The summed E-state index contributed by atoms with van der Waals surface area (Å²) < 4.78 is 3.55. The first kappa shape index (κ1) is 23.8. The van der Waals surface area contributed by atoms with Crippen molar-refractivity contribution >= 4 is 34.3 Å². The van der Waals surface area contributed by atoms with E-state index in [-0.39, 0.29) is 11.5 Å². The lowest BCUT2D eigenvalue weighted by molar-refractivity contribution is -0.130. The van der Waals surface area contributed by atoms with Crippen LogP contribution in [0.3, 0.4) is 0 Å². The van der Waals surface area contributed by atoms with Crippen molar-refractivity contribution in [1.82, 2.24) is 24.1 Å². The van der Waals surface area contributed by atoms with Crippen molar-refractivity contribution in [3.8, 4) is 0 Å². The smallest absolute Gasteiger partial charge is 0.263 e. The normalized spacial score (nSPS) is 12.2. The number of nitrogens with zero attached hydrogens (tertiary/aromatic N) is 5. The molecule has 0 aliphatic rings. The van der Waals surface area contributed by atoms with Gasteiger partial charge in [-0.1, -0.05) is 84.6 Å². The van der Waals surface area contributed by atoms with E-state index in [9.17, 15) is 9.59 Å². The molecule has 5 rings (SSSR count). The summed E-state index contributed by atoms with van der Waals surface area (Å²) in [4.78, 5) is 28.9. The Morgan fingerprint density at radius 1 is 0.889 bits per heavy atom. The van der Waals surface area contributed by atoms with E-state index in [4.69, 9.17) is 0 Å². The number of fused-ring (bicyclic) bond motifs is 3. The maximum Gasteiger partial charge on any atom is 0.263 e. The van der Waals surface area contributed by atoms with E-state index in [2.05, 4.69) is 10.2 Å². The number of carbonyl (C=O) groups is 1. The summed E-state index contributed by atoms with van der Waals surface area (Å²) in [7, 11) is 0. The zero-order chi connectivity index (χ0) is 25.1. The number of hydrogen-bond donors (Lipinski definition) is 0. The van der Waals surface area contributed by atoms with Gasteiger partial charge in [0.1, 0.15) is 5.25 Å². The Balaban J connectivity index is 1.68. The highest BCUT2D eigenvalue weighted by molar-refractivity contribution is 8.00. The van der Waals surface area contributed by atoms with Gasteiger partial charge in [-0.3, -0.25) is 18.6 Å². The average Bonchev–Trinajstić information content (AvgIpc) is 3.35. The first-order valence-electron chi connectivity index (χ1n) is 12.0. The molecule has 3 aromatic carbocycles. The predicted octanol–water partition coefficient (Wildman–Crippen LogP) is 4.79. The number of carbonyl (C=O) groups excluding carboxylic acids is 1. The van der Waals surface area contributed by atoms with Gasteiger partial charge in [-0.15, -0.1) is 10.2 Å². The number of aromatic nitrogens is 4. The lowest BCUT2D eigenvalue weighted by Crippen LogP contribution is -2.34. The van der Waals surface area contributed by atoms with E-state index in [1.54, 1.807) is 4.57 Å². The zero-order valence-electron chi connectivity index (χ0n) is 20.2. The van der Waals surface area contributed by atoms with E-state index >= 15 is 0 Å². The van der Waals surface area contributed by atoms with Crippen molar-refractivity contribution in [3.05, 3.63) is 106 Å². The largest absolute Gasteiger partial charge is 0.342 e. The summed E-state index contributed by atoms with van der Waals surface area (Å²) in [5, 5.41) is 9.59. The molecule has 36 heavy (non-hydrogen) atoms. The monoisotopic (exact) mass is 497 g/mol. The Bertz CT molecular complexity index is 1560. The summed E-state index contributed by atoms with van der Waals surface area (Å²) in [6.07, 6.45) is 0. The standard InChI is InChI=1S/C28H27N5O2S/c1-3-31(4-2)26(35)24(21-15-9-6-10-16-21)36-28-30-29-27-32(19-20-13-7-5-8-14-20)25(34)22-17-11-12-18-23(22)33(27)28/h5-18,24H,3-4,19H2,1-2H3. The number of rotatable bonds is 8. The predicted molar refractivity (Wildman–Crippen MR) is 143 cm³/mol.